The van der Waals surface area contributed by atoms with Crippen LogP contribution in [0.2, 0.25) is 5.02 Å². The van der Waals surface area contributed by atoms with E-state index in [0.29, 0.717) is 12.1 Å². The summed E-state index contributed by atoms with van der Waals surface area (Å²) in [5.41, 5.74) is 5.47. The molecule has 0 radical (unpaired) electrons. The van der Waals surface area contributed by atoms with E-state index in [1.165, 1.54) is 43.6 Å². The highest BCUT2D eigenvalue weighted by Crippen LogP contribution is 2.34. The second-order valence-electron chi connectivity index (χ2n) is 8.86. The molecule has 0 atom stereocenters. The molecule has 0 unspecified atom stereocenters. The van der Waals surface area contributed by atoms with Crippen molar-refractivity contribution in [2.75, 3.05) is 36.1 Å². The van der Waals surface area contributed by atoms with E-state index < -0.39 is 29.0 Å². The normalized spacial score (nSPS) is 11.2. The highest BCUT2D eigenvalue weighted by molar-refractivity contribution is 6.34. The van der Waals surface area contributed by atoms with E-state index in [4.69, 9.17) is 26.8 Å². The Hall–Kier alpha value is -4.55. The molecule has 0 bridgehead atoms. The Balaban J connectivity index is 1.86. The van der Waals surface area contributed by atoms with Crippen LogP contribution in [-0.4, -0.2) is 54.4 Å². The molecule has 3 rings (SSSR count). The van der Waals surface area contributed by atoms with E-state index in [2.05, 4.69) is 10.3 Å². The largest absolute Gasteiger partial charge is 0.453 e. The monoisotopic (exact) mass is 587 g/mol. The van der Waals surface area contributed by atoms with Crippen molar-refractivity contribution in [3.63, 3.8) is 0 Å². The summed E-state index contributed by atoms with van der Waals surface area (Å²) in [6, 6.07) is 9.99. The van der Waals surface area contributed by atoms with Crippen molar-refractivity contribution in [1.29, 1.82) is 0 Å². The first kappa shape index (κ1) is 31.0. The first-order valence-corrected chi connectivity index (χ1v) is 12.6. The van der Waals surface area contributed by atoms with Crippen molar-refractivity contribution in [3.05, 3.63) is 83.2 Å². The topological polar surface area (TPSA) is 127 Å². The van der Waals surface area contributed by atoms with Gasteiger partial charge in [0.1, 0.15) is 22.2 Å². The molecule has 1 heterocycles. The molecule has 0 spiro atoms. The molecule has 10 nitrogen and oxygen atoms in total. The van der Waals surface area contributed by atoms with Gasteiger partial charge in [-0.3, -0.25) is 14.4 Å². The van der Waals surface area contributed by atoms with Gasteiger partial charge in [0.15, 0.2) is 17.3 Å². The predicted molar refractivity (Wildman–Crippen MR) is 151 cm³/mol. The van der Waals surface area contributed by atoms with Gasteiger partial charge < -0.3 is 30.3 Å². The third-order valence-corrected chi connectivity index (χ3v) is 5.89. The summed E-state index contributed by atoms with van der Waals surface area (Å²) in [5.74, 6) is -3.24. The lowest BCUT2D eigenvalue weighted by Gasteiger charge is -2.21. The first-order chi connectivity index (χ1) is 19.5. The summed E-state index contributed by atoms with van der Waals surface area (Å²) in [6.07, 6.45) is 2.74. The molecule has 0 aliphatic heterocycles. The minimum atomic E-state index is -0.932. The number of nitrogens with zero attached hydrogens (tertiary/aromatic N) is 3. The van der Waals surface area contributed by atoms with Crippen molar-refractivity contribution in [3.8, 4) is 11.5 Å². The van der Waals surface area contributed by atoms with Crippen LogP contribution in [0, 0.1) is 11.6 Å². The summed E-state index contributed by atoms with van der Waals surface area (Å²) < 4.78 is 39.2. The van der Waals surface area contributed by atoms with Crippen molar-refractivity contribution in [1.82, 2.24) is 9.88 Å². The van der Waals surface area contributed by atoms with Crippen molar-refractivity contribution in [2.45, 2.75) is 20.0 Å². The molecule has 13 heteroatoms. The Labute approximate surface area is 240 Å². The van der Waals surface area contributed by atoms with Gasteiger partial charge in [0.2, 0.25) is 6.41 Å². The van der Waals surface area contributed by atoms with Crippen LogP contribution in [0.1, 0.15) is 13.8 Å². The van der Waals surface area contributed by atoms with E-state index in [1.807, 2.05) is 13.8 Å². The lowest BCUT2D eigenvalue weighted by atomic mass is 10.2. The quantitative estimate of drug-likeness (QED) is 0.135. The zero-order chi connectivity index (χ0) is 30.1. The van der Waals surface area contributed by atoms with Gasteiger partial charge in [-0.15, -0.1) is 0 Å². The number of halogens is 3. The minimum Gasteiger partial charge on any atom is -0.453 e. The van der Waals surface area contributed by atoms with Gasteiger partial charge >= 0.3 is 0 Å². The molecule has 0 aliphatic carbocycles. The highest BCUT2D eigenvalue weighted by atomic mass is 35.5. The number of anilines is 3. The number of pyridine rings is 1. The SMILES string of the molecule is CC(C)OCCN(C=O)/C=C(/C(=O)Nc1ccc(Oc2ccnc(N)c2Cl)c(F)c1)C(=O)N(C)c1ccc(F)cc1. The fourth-order valence-corrected chi connectivity index (χ4v) is 3.53. The van der Waals surface area contributed by atoms with Crippen LogP contribution >= 0.6 is 11.6 Å². The number of benzene rings is 2. The van der Waals surface area contributed by atoms with Crippen LogP contribution in [-0.2, 0) is 19.1 Å². The Morgan fingerprint density at radius 1 is 1.12 bits per heavy atom. The molecule has 1 aromatic heterocycles. The number of nitrogens with one attached hydrogen (secondary N) is 1. The zero-order valence-electron chi connectivity index (χ0n) is 22.4. The Bertz CT molecular complexity index is 1440. The van der Waals surface area contributed by atoms with Gasteiger partial charge in [-0.05, 0) is 50.2 Å². The maximum Gasteiger partial charge on any atom is 0.265 e. The van der Waals surface area contributed by atoms with E-state index >= 15 is 0 Å². The molecule has 41 heavy (non-hydrogen) atoms. The van der Waals surface area contributed by atoms with Gasteiger partial charge in [-0.25, -0.2) is 13.8 Å². The number of amides is 3. The van der Waals surface area contributed by atoms with Crippen LogP contribution in [0.3, 0.4) is 0 Å². The average Bonchev–Trinajstić information content (AvgIpc) is 2.93. The van der Waals surface area contributed by atoms with Crippen molar-refractivity contribution < 1.29 is 32.6 Å². The number of likely N-dealkylation sites (N-methyl/N-ethyl adjacent to an activating group) is 1. The van der Waals surface area contributed by atoms with E-state index in [-0.39, 0.29) is 47.3 Å². The summed E-state index contributed by atoms with van der Waals surface area (Å²) in [4.78, 5) is 44.4. The molecule has 3 aromatic rings. The molecule has 0 saturated carbocycles. The fourth-order valence-electron chi connectivity index (χ4n) is 3.38. The third-order valence-electron chi connectivity index (χ3n) is 5.51. The molecule has 3 N–H and O–H groups in total. The lowest BCUT2D eigenvalue weighted by Crippen LogP contribution is -2.35. The summed E-state index contributed by atoms with van der Waals surface area (Å²) in [6.45, 7) is 3.83. The number of nitrogen functional groups attached to an aromatic ring is 1. The maximum atomic E-state index is 14.9. The zero-order valence-corrected chi connectivity index (χ0v) is 23.2. The second kappa shape index (κ2) is 14.2. The molecular weight excluding hydrogens is 560 g/mol. The van der Waals surface area contributed by atoms with E-state index in [0.717, 1.165) is 34.2 Å². The average molecular weight is 588 g/mol. The van der Waals surface area contributed by atoms with Crippen molar-refractivity contribution in [2.24, 2.45) is 0 Å². The maximum absolute atomic E-state index is 14.9. The standard InChI is InChI=1S/C28H28ClF2N5O5/c1-17(2)40-13-12-36(16-37)15-21(28(39)35(3)20-7-4-18(30)5-8-20)27(38)34-19-6-9-23(22(31)14-19)41-24-10-11-33-26(32)25(24)29/h4-11,14-17H,12-13H2,1-3H3,(H2,32,33)(H,34,38)/b21-15-. The first-order valence-electron chi connectivity index (χ1n) is 12.3. The number of carbonyl (C=O) groups is 3. The van der Waals surface area contributed by atoms with Gasteiger partial charge in [0.25, 0.3) is 11.8 Å². The highest BCUT2D eigenvalue weighted by Gasteiger charge is 2.25. The summed E-state index contributed by atoms with van der Waals surface area (Å²) in [7, 11) is 1.38. The number of hydrogen-bond acceptors (Lipinski definition) is 7. The molecule has 216 valence electrons. The number of nitrogens with two attached hydrogens (primary N) is 1. The van der Waals surface area contributed by atoms with Gasteiger partial charge in [0.05, 0.1) is 12.7 Å². The van der Waals surface area contributed by atoms with Crippen LogP contribution in [0.5, 0.6) is 11.5 Å². The van der Waals surface area contributed by atoms with Crippen LogP contribution in [0.25, 0.3) is 0 Å². The lowest BCUT2D eigenvalue weighted by molar-refractivity contribution is -0.119. The molecular formula is C28H28ClF2N5O5. The van der Waals surface area contributed by atoms with Crippen LogP contribution < -0.4 is 20.7 Å². The van der Waals surface area contributed by atoms with E-state index in [9.17, 15) is 23.2 Å². The summed E-state index contributed by atoms with van der Waals surface area (Å²) >= 11 is 6.05. The minimum absolute atomic E-state index is 0.00127. The van der Waals surface area contributed by atoms with Crippen molar-refractivity contribution >= 4 is 47.0 Å². The number of rotatable bonds is 12. The third kappa shape index (κ3) is 8.47. The Morgan fingerprint density at radius 3 is 2.46 bits per heavy atom. The number of hydrogen-bond donors (Lipinski definition) is 2. The number of ether oxygens (including phenoxy) is 2. The molecule has 0 saturated heterocycles. The van der Waals surface area contributed by atoms with Gasteiger partial charge in [0, 0.05) is 49.5 Å². The number of aromatic nitrogens is 1. The van der Waals surface area contributed by atoms with Crippen LogP contribution in [0.15, 0.2) is 66.5 Å². The molecule has 0 fully saturated rings. The smallest absolute Gasteiger partial charge is 0.265 e. The Morgan fingerprint density at radius 2 is 1.83 bits per heavy atom. The molecule has 0 aliphatic rings. The second-order valence-corrected chi connectivity index (χ2v) is 9.23. The number of carbonyl (C=O) groups excluding carboxylic acids is 3. The van der Waals surface area contributed by atoms with Gasteiger partial charge in [-0.2, -0.15) is 0 Å². The van der Waals surface area contributed by atoms with Crippen LogP contribution in [0.4, 0.5) is 26.0 Å². The fraction of sp³-hybridized carbons (Fsp3) is 0.214. The predicted octanol–water partition coefficient (Wildman–Crippen LogP) is 4.76. The molecule has 2 aromatic carbocycles. The van der Waals surface area contributed by atoms with Gasteiger partial charge in [-0.1, -0.05) is 11.6 Å². The summed E-state index contributed by atoms with van der Waals surface area (Å²) in [5, 5.41) is 2.46. The molecule has 3 amide bonds. The van der Waals surface area contributed by atoms with E-state index in [1.54, 1.807) is 0 Å². The Kier molecular flexibility index (Phi) is 10.7.